The van der Waals surface area contributed by atoms with Crippen molar-refractivity contribution in [2.75, 3.05) is 19.7 Å². The van der Waals surface area contributed by atoms with Gasteiger partial charge < -0.3 is 10.1 Å². The molecule has 1 fully saturated rings. The molecule has 0 aliphatic carbocycles. The molecule has 1 aliphatic heterocycles. The Kier molecular flexibility index (Phi) is 7.96. The van der Waals surface area contributed by atoms with Gasteiger partial charge in [-0.05, 0) is 57.9 Å². The van der Waals surface area contributed by atoms with Crippen molar-refractivity contribution in [1.82, 2.24) is 14.9 Å². The number of nitrogens with zero attached hydrogens (tertiary/aromatic N) is 1. The van der Waals surface area contributed by atoms with Gasteiger partial charge in [0.2, 0.25) is 10.0 Å². The van der Waals surface area contributed by atoms with Crippen LogP contribution in [0.15, 0.2) is 29.2 Å². The second-order valence-electron chi connectivity index (χ2n) is 8.17. The second kappa shape index (κ2) is 10.0. The molecule has 30 heavy (non-hydrogen) atoms. The third-order valence-corrected chi connectivity index (χ3v) is 6.28. The summed E-state index contributed by atoms with van der Waals surface area (Å²) in [5.74, 6) is -1.56. The van der Waals surface area contributed by atoms with Gasteiger partial charge in [0.1, 0.15) is 0 Å². The van der Waals surface area contributed by atoms with Gasteiger partial charge in [-0.2, -0.15) is 4.31 Å². The van der Waals surface area contributed by atoms with Crippen LogP contribution in [0.4, 0.5) is 4.79 Å². The summed E-state index contributed by atoms with van der Waals surface area (Å²) in [7, 11) is -3.61. The van der Waals surface area contributed by atoms with Gasteiger partial charge in [0.15, 0.2) is 6.61 Å². The summed E-state index contributed by atoms with van der Waals surface area (Å²) in [4.78, 5) is 35.6. The lowest BCUT2D eigenvalue weighted by Gasteiger charge is -2.20. The minimum Gasteiger partial charge on any atom is -0.452 e. The quantitative estimate of drug-likeness (QED) is 0.677. The number of nitrogens with one attached hydrogen (secondary N) is 2. The first kappa shape index (κ1) is 23.8. The lowest BCUT2D eigenvalue weighted by molar-refractivity contribution is -0.123. The number of hydrogen-bond donors (Lipinski definition) is 2. The summed E-state index contributed by atoms with van der Waals surface area (Å²) in [5, 5.41) is 4.61. The van der Waals surface area contributed by atoms with Crippen LogP contribution in [0.2, 0.25) is 0 Å². The van der Waals surface area contributed by atoms with Gasteiger partial charge in [-0.25, -0.2) is 18.0 Å². The number of imide groups is 1. The van der Waals surface area contributed by atoms with Gasteiger partial charge >= 0.3 is 12.0 Å². The van der Waals surface area contributed by atoms with Crippen molar-refractivity contribution in [2.45, 2.75) is 56.9 Å². The Balaban J connectivity index is 1.92. The Morgan fingerprint density at radius 3 is 2.10 bits per heavy atom. The van der Waals surface area contributed by atoms with E-state index in [-0.39, 0.29) is 10.5 Å². The van der Waals surface area contributed by atoms with Crippen molar-refractivity contribution in [2.24, 2.45) is 0 Å². The average Bonchev–Trinajstić information content (AvgIpc) is 2.94. The van der Waals surface area contributed by atoms with E-state index in [1.165, 1.54) is 28.6 Å². The number of benzene rings is 1. The maximum Gasteiger partial charge on any atom is 0.338 e. The molecule has 1 aromatic rings. The fourth-order valence-corrected chi connectivity index (χ4v) is 4.46. The smallest absolute Gasteiger partial charge is 0.338 e. The number of ether oxygens (including phenoxy) is 1. The van der Waals surface area contributed by atoms with Crippen LogP contribution in [0.25, 0.3) is 0 Å². The van der Waals surface area contributed by atoms with Crippen molar-refractivity contribution >= 4 is 27.9 Å². The van der Waals surface area contributed by atoms with Crippen LogP contribution < -0.4 is 10.6 Å². The molecule has 10 heteroatoms. The first-order chi connectivity index (χ1) is 14.0. The third kappa shape index (κ3) is 7.10. The van der Waals surface area contributed by atoms with Gasteiger partial charge in [0.25, 0.3) is 5.91 Å². The minimum absolute atomic E-state index is 0.108. The molecule has 2 N–H and O–H groups in total. The normalized spacial score (nSPS) is 15.7. The number of carbonyl (C=O) groups excluding carboxylic acids is 3. The number of esters is 1. The molecule has 1 aromatic carbocycles. The highest BCUT2D eigenvalue weighted by molar-refractivity contribution is 7.89. The Morgan fingerprint density at radius 1 is 1.00 bits per heavy atom. The predicted octanol–water partition coefficient (Wildman–Crippen LogP) is 2.03. The molecular weight excluding hydrogens is 410 g/mol. The molecule has 9 nitrogen and oxygen atoms in total. The second-order valence-corrected chi connectivity index (χ2v) is 10.1. The van der Waals surface area contributed by atoms with Crippen LogP contribution in [0.1, 0.15) is 56.8 Å². The highest BCUT2D eigenvalue weighted by atomic mass is 32.2. The first-order valence-corrected chi connectivity index (χ1v) is 11.3. The molecule has 0 aromatic heterocycles. The summed E-state index contributed by atoms with van der Waals surface area (Å²) < 4.78 is 31.9. The van der Waals surface area contributed by atoms with E-state index in [0.717, 1.165) is 25.7 Å². The molecule has 0 bridgehead atoms. The Bertz CT molecular complexity index is 867. The number of sulfonamides is 1. The van der Waals surface area contributed by atoms with Crippen molar-refractivity contribution < 1.29 is 27.5 Å². The standard InChI is InChI=1S/C20H29N3O6S/c1-20(2,3)22-19(26)21-17(24)14-29-18(25)15-8-10-16(11-9-15)30(27,28)23-12-6-4-5-7-13-23/h8-11H,4-7,12-14H2,1-3H3,(H2,21,22,24,26). The number of amides is 3. The Hall–Kier alpha value is -2.46. The van der Waals surface area contributed by atoms with Crippen molar-refractivity contribution in [3.8, 4) is 0 Å². The lowest BCUT2D eigenvalue weighted by Crippen LogP contribution is -2.49. The van der Waals surface area contributed by atoms with Crippen LogP contribution in [0.5, 0.6) is 0 Å². The molecular formula is C20H29N3O6S. The molecule has 166 valence electrons. The summed E-state index contributed by atoms with van der Waals surface area (Å²) in [6.07, 6.45) is 3.70. The van der Waals surface area contributed by atoms with Gasteiger partial charge in [0.05, 0.1) is 10.5 Å². The largest absolute Gasteiger partial charge is 0.452 e. The number of hydrogen-bond acceptors (Lipinski definition) is 6. The van der Waals surface area contributed by atoms with Crippen LogP contribution in [0.3, 0.4) is 0 Å². The van der Waals surface area contributed by atoms with E-state index in [1.807, 2.05) is 0 Å². The molecule has 0 spiro atoms. The molecule has 1 aliphatic rings. The maximum atomic E-state index is 12.8. The number of urea groups is 1. The molecule has 0 unspecified atom stereocenters. The molecule has 0 saturated carbocycles. The summed E-state index contributed by atoms with van der Waals surface area (Å²) in [6, 6.07) is 4.71. The van der Waals surface area contributed by atoms with E-state index < -0.39 is 40.1 Å². The van der Waals surface area contributed by atoms with Crippen molar-refractivity contribution in [3.05, 3.63) is 29.8 Å². The Labute approximate surface area is 177 Å². The monoisotopic (exact) mass is 439 g/mol. The van der Waals surface area contributed by atoms with E-state index in [9.17, 15) is 22.8 Å². The fourth-order valence-electron chi connectivity index (χ4n) is 2.94. The van der Waals surface area contributed by atoms with Crippen molar-refractivity contribution in [1.29, 1.82) is 0 Å². The Morgan fingerprint density at radius 2 is 1.57 bits per heavy atom. The third-order valence-electron chi connectivity index (χ3n) is 4.37. The molecule has 2 rings (SSSR count). The molecule has 1 heterocycles. The average molecular weight is 440 g/mol. The number of rotatable bonds is 5. The molecule has 0 atom stereocenters. The minimum atomic E-state index is -3.61. The molecule has 0 radical (unpaired) electrons. The van der Waals surface area contributed by atoms with Gasteiger partial charge in [-0.15, -0.1) is 0 Å². The first-order valence-electron chi connectivity index (χ1n) is 9.88. The summed E-state index contributed by atoms with van der Waals surface area (Å²) >= 11 is 0. The lowest BCUT2D eigenvalue weighted by atomic mass is 10.1. The SMILES string of the molecule is CC(C)(C)NC(=O)NC(=O)COC(=O)c1ccc(S(=O)(=O)N2CCCCCC2)cc1. The zero-order chi connectivity index (χ0) is 22.4. The van der Waals surface area contributed by atoms with Gasteiger partial charge in [0, 0.05) is 18.6 Å². The summed E-state index contributed by atoms with van der Waals surface area (Å²) in [5.41, 5.74) is -0.409. The van der Waals surface area contributed by atoms with E-state index in [0.29, 0.717) is 13.1 Å². The topological polar surface area (TPSA) is 122 Å². The predicted molar refractivity (Wildman–Crippen MR) is 110 cm³/mol. The number of carbonyl (C=O) groups is 3. The van der Waals surface area contributed by atoms with Crippen LogP contribution in [-0.2, 0) is 19.6 Å². The van der Waals surface area contributed by atoms with E-state index in [1.54, 1.807) is 20.8 Å². The zero-order valence-corrected chi connectivity index (χ0v) is 18.4. The maximum absolute atomic E-state index is 12.8. The van der Waals surface area contributed by atoms with Crippen LogP contribution in [0, 0.1) is 0 Å². The molecule has 3 amide bonds. The van der Waals surface area contributed by atoms with E-state index >= 15 is 0 Å². The highest BCUT2D eigenvalue weighted by Gasteiger charge is 2.25. The van der Waals surface area contributed by atoms with Gasteiger partial charge in [-0.1, -0.05) is 12.8 Å². The van der Waals surface area contributed by atoms with Crippen molar-refractivity contribution in [3.63, 3.8) is 0 Å². The molecule has 1 saturated heterocycles. The van der Waals surface area contributed by atoms with Crippen LogP contribution >= 0.6 is 0 Å². The van der Waals surface area contributed by atoms with Gasteiger partial charge in [-0.3, -0.25) is 10.1 Å². The van der Waals surface area contributed by atoms with E-state index in [2.05, 4.69) is 10.6 Å². The fraction of sp³-hybridized carbons (Fsp3) is 0.550. The van der Waals surface area contributed by atoms with E-state index in [4.69, 9.17) is 4.74 Å². The zero-order valence-electron chi connectivity index (χ0n) is 17.6. The summed E-state index contributed by atoms with van der Waals surface area (Å²) in [6.45, 7) is 5.62. The highest BCUT2D eigenvalue weighted by Crippen LogP contribution is 2.20. The van der Waals surface area contributed by atoms with Crippen LogP contribution in [-0.4, -0.2) is 55.9 Å².